The van der Waals surface area contributed by atoms with Crippen molar-refractivity contribution < 1.29 is 14.0 Å². The molecule has 0 aliphatic heterocycles. The minimum atomic E-state index is -0.365. The van der Waals surface area contributed by atoms with E-state index >= 15 is 0 Å². The third kappa shape index (κ3) is 4.44. The molecule has 1 aliphatic carbocycles. The summed E-state index contributed by atoms with van der Waals surface area (Å²) in [5.41, 5.74) is 0.454. The number of Topliss-reactive ketones (excluding diaryl/α,β-unsaturated/α-hetero) is 1. The van der Waals surface area contributed by atoms with Crippen molar-refractivity contribution in [2.45, 2.75) is 38.5 Å². The summed E-state index contributed by atoms with van der Waals surface area (Å²) in [7, 11) is 0. The summed E-state index contributed by atoms with van der Waals surface area (Å²) in [5.74, 6) is 0.0379. The predicted molar refractivity (Wildman–Crippen MR) is 74.9 cm³/mol. The van der Waals surface area contributed by atoms with Crippen LogP contribution in [0.1, 0.15) is 48.9 Å². The Bertz CT molecular complexity index is 464. The molecule has 0 saturated heterocycles. The van der Waals surface area contributed by atoms with E-state index in [1.807, 2.05) is 0 Å². The molecular formula is C16H20FNO2. The average Bonchev–Trinajstić information content (AvgIpc) is 2.96. The standard InChI is InChI=1S/C16H20FNO2/c17-14-7-5-13(6-8-14)15(19)9-10-16(20)18-11-12-3-1-2-4-12/h5-8,12H,1-4,9-11H2,(H,18,20). The van der Waals surface area contributed by atoms with Crippen LogP contribution in [-0.2, 0) is 4.79 Å². The Balaban J connectivity index is 1.69. The van der Waals surface area contributed by atoms with Crippen LogP contribution in [0.3, 0.4) is 0 Å². The van der Waals surface area contributed by atoms with Crippen molar-refractivity contribution in [3.8, 4) is 0 Å². The summed E-state index contributed by atoms with van der Waals surface area (Å²) in [6.45, 7) is 0.726. The zero-order chi connectivity index (χ0) is 14.4. The second-order valence-corrected chi connectivity index (χ2v) is 5.38. The van der Waals surface area contributed by atoms with Crippen LogP contribution in [0.4, 0.5) is 4.39 Å². The lowest BCUT2D eigenvalue weighted by atomic mass is 10.1. The monoisotopic (exact) mass is 277 g/mol. The molecule has 1 fully saturated rings. The molecule has 3 nitrogen and oxygen atoms in total. The van der Waals surface area contributed by atoms with Crippen molar-refractivity contribution in [2.75, 3.05) is 6.54 Å². The van der Waals surface area contributed by atoms with Crippen molar-refractivity contribution in [2.24, 2.45) is 5.92 Å². The van der Waals surface area contributed by atoms with E-state index in [-0.39, 0.29) is 30.3 Å². The first-order chi connectivity index (χ1) is 9.65. The number of hydrogen-bond acceptors (Lipinski definition) is 2. The van der Waals surface area contributed by atoms with Gasteiger partial charge in [0.15, 0.2) is 5.78 Å². The average molecular weight is 277 g/mol. The Hall–Kier alpha value is -1.71. The van der Waals surface area contributed by atoms with Gasteiger partial charge >= 0.3 is 0 Å². The van der Waals surface area contributed by atoms with Crippen LogP contribution in [0.2, 0.25) is 0 Å². The fourth-order valence-corrected chi connectivity index (χ4v) is 2.57. The molecule has 1 saturated carbocycles. The summed E-state index contributed by atoms with van der Waals surface area (Å²) in [6, 6.07) is 5.42. The van der Waals surface area contributed by atoms with Gasteiger partial charge in [-0.25, -0.2) is 4.39 Å². The number of halogens is 1. The quantitative estimate of drug-likeness (QED) is 0.812. The highest BCUT2D eigenvalue weighted by Gasteiger charge is 2.16. The number of carbonyl (C=O) groups is 2. The molecule has 4 heteroatoms. The van der Waals surface area contributed by atoms with E-state index in [4.69, 9.17) is 0 Å². The Kier molecular flexibility index (Phi) is 5.27. The lowest BCUT2D eigenvalue weighted by Crippen LogP contribution is -2.28. The highest BCUT2D eigenvalue weighted by Crippen LogP contribution is 2.23. The van der Waals surface area contributed by atoms with E-state index < -0.39 is 0 Å². The van der Waals surface area contributed by atoms with E-state index in [0.717, 1.165) is 6.54 Å². The maximum atomic E-state index is 12.7. The van der Waals surface area contributed by atoms with Gasteiger partial charge in [0, 0.05) is 24.9 Å². The van der Waals surface area contributed by atoms with Crippen LogP contribution < -0.4 is 5.32 Å². The first-order valence-corrected chi connectivity index (χ1v) is 7.20. The molecule has 1 amide bonds. The molecule has 0 unspecified atom stereocenters. The molecule has 0 aromatic heterocycles. The normalized spacial score (nSPS) is 15.2. The summed E-state index contributed by atoms with van der Waals surface area (Å²) in [4.78, 5) is 23.5. The van der Waals surface area contributed by atoms with Gasteiger partial charge in [-0.05, 0) is 43.0 Å². The number of benzene rings is 1. The van der Waals surface area contributed by atoms with Crippen LogP contribution in [0.15, 0.2) is 24.3 Å². The van der Waals surface area contributed by atoms with Gasteiger partial charge in [0.1, 0.15) is 5.82 Å². The molecule has 108 valence electrons. The Morgan fingerprint density at radius 2 is 1.75 bits per heavy atom. The molecule has 1 aliphatic rings. The number of amides is 1. The second kappa shape index (κ2) is 7.17. The predicted octanol–water partition coefficient (Wildman–Crippen LogP) is 3.10. The molecule has 0 spiro atoms. The van der Waals surface area contributed by atoms with Crippen molar-refractivity contribution >= 4 is 11.7 Å². The highest BCUT2D eigenvalue weighted by molar-refractivity contribution is 5.97. The first-order valence-electron chi connectivity index (χ1n) is 7.20. The van der Waals surface area contributed by atoms with Crippen LogP contribution in [-0.4, -0.2) is 18.2 Å². The number of hydrogen-bond donors (Lipinski definition) is 1. The Morgan fingerprint density at radius 1 is 1.10 bits per heavy atom. The van der Waals surface area contributed by atoms with Crippen molar-refractivity contribution in [1.82, 2.24) is 5.32 Å². The number of rotatable bonds is 6. The minimum absolute atomic E-state index is 0.0765. The second-order valence-electron chi connectivity index (χ2n) is 5.38. The van der Waals surface area contributed by atoms with E-state index in [1.165, 1.54) is 49.9 Å². The molecule has 20 heavy (non-hydrogen) atoms. The molecule has 0 radical (unpaired) electrons. The van der Waals surface area contributed by atoms with Gasteiger partial charge in [0.2, 0.25) is 5.91 Å². The molecule has 1 N–H and O–H groups in total. The lowest BCUT2D eigenvalue weighted by Gasteiger charge is -2.10. The molecular weight excluding hydrogens is 257 g/mol. The summed E-state index contributed by atoms with van der Waals surface area (Å²) in [5, 5.41) is 2.89. The van der Waals surface area contributed by atoms with Gasteiger partial charge in [-0.1, -0.05) is 12.8 Å². The number of nitrogens with one attached hydrogen (secondary N) is 1. The third-order valence-corrected chi connectivity index (χ3v) is 3.81. The topological polar surface area (TPSA) is 46.2 Å². The Morgan fingerprint density at radius 3 is 2.40 bits per heavy atom. The lowest BCUT2D eigenvalue weighted by molar-refractivity contribution is -0.121. The SMILES string of the molecule is O=C(CCC(=O)c1ccc(F)cc1)NCC1CCCC1. The van der Waals surface area contributed by atoms with Crippen molar-refractivity contribution in [3.05, 3.63) is 35.6 Å². The highest BCUT2D eigenvalue weighted by atomic mass is 19.1. The van der Waals surface area contributed by atoms with Gasteiger partial charge in [-0.15, -0.1) is 0 Å². The first kappa shape index (κ1) is 14.7. The molecule has 1 aromatic carbocycles. The van der Waals surface area contributed by atoms with Crippen LogP contribution >= 0.6 is 0 Å². The molecule has 1 aromatic rings. The summed E-state index contributed by atoms with van der Waals surface area (Å²) in [6.07, 6.45) is 5.25. The maximum Gasteiger partial charge on any atom is 0.220 e. The van der Waals surface area contributed by atoms with Crippen LogP contribution in [0.5, 0.6) is 0 Å². The fourth-order valence-electron chi connectivity index (χ4n) is 2.57. The molecule has 0 bridgehead atoms. The van der Waals surface area contributed by atoms with Crippen LogP contribution in [0, 0.1) is 11.7 Å². The zero-order valence-corrected chi connectivity index (χ0v) is 11.5. The van der Waals surface area contributed by atoms with E-state index in [0.29, 0.717) is 11.5 Å². The number of carbonyl (C=O) groups excluding carboxylic acids is 2. The molecule has 0 atom stereocenters. The van der Waals surface area contributed by atoms with Gasteiger partial charge in [0.05, 0.1) is 0 Å². The third-order valence-electron chi connectivity index (χ3n) is 3.81. The van der Waals surface area contributed by atoms with Gasteiger partial charge in [-0.2, -0.15) is 0 Å². The van der Waals surface area contributed by atoms with E-state index in [2.05, 4.69) is 5.32 Å². The maximum absolute atomic E-state index is 12.7. The summed E-state index contributed by atoms with van der Waals surface area (Å²) >= 11 is 0. The van der Waals surface area contributed by atoms with Gasteiger partial charge in [-0.3, -0.25) is 9.59 Å². The van der Waals surface area contributed by atoms with Crippen molar-refractivity contribution in [3.63, 3.8) is 0 Å². The molecule has 0 heterocycles. The smallest absolute Gasteiger partial charge is 0.220 e. The largest absolute Gasteiger partial charge is 0.356 e. The van der Waals surface area contributed by atoms with Crippen molar-refractivity contribution in [1.29, 1.82) is 0 Å². The van der Waals surface area contributed by atoms with Gasteiger partial charge in [0.25, 0.3) is 0 Å². The summed E-state index contributed by atoms with van der Waals surface area (Å²) < 4.78 is 12.7. The number of ketones is 1. The molecule has 2 rings (SSSR count). The fraction of sp³-hybridized carbons (Fsp3) is 0.500. The van der Waals surface area contributed by atoms with Crippen LogP contribution in [0.25, 0.3) is 0 Å². The van der Waals surface area contributed by atoms with Gasteiger partial charge < -0.3 is 5.32 Å². The van der Waals surface area contributed by atoms with E-state index in [9.17, 15) is 14.0 Å². The van der Waals surface area contributed by atoms with E-state index in [1.54, 1.807) is 0 Å². The minimum Gasteiger partial charge on any atom is -0.356 e. The Labute approximate surface area is 118 Å². The zero-order valence-electron chi connectivity index (χ0n) is 11.5.